The van der Waals surface area contributed by atoms with E-state index < -0.39 is 0 Å². The number of hydrogen-bond acceptors (Lipinski definition) is 0. The molecule has 0 aliphatic rings. The Hall–Kier alpha value is 0.540. The van der Waals surface area contributed by atoms with Gasteiger partial charge in [-0.2, -0.15) is 0 Å². The molecule has 0 aromatic carbocycles. The van der Waals surface area contributed by atoms with Crippen molar-refractivity contribution < 1.29 is 16.9 Å². The normalized spacial score (nSPS) is 14.6. The van der Waals surface area contributed by atoms with Crippen molar-refractivity contribution in [1.29, 1.82) is 0 Å². The van der Waals surface area contributed by atoms with Gasteiger partial charge in [0.25, 0.3) is 0 Å². The molecule has 0 amide bonds. The molecule has 3 heteroatoms. The van der Waals surface area contributed by atoms with Crippen LogP contribution in [0.25, 0.3) is 0 Å². The topological polar surface area (TPSA) is 0 Å². The highest BCUT2D eigenvalue weighted by atomic mass is 35.5. The molecule has 0 spiro atoms. The van der Waals surface area contributed by atoms with Crippen LogP contribution in [0, 0.1) is 0 Å². The van der Waals surface area contributed by atoms with E-state index in [0.717, 1.165) is 4.48 Å². The van der Waals surface area contributed by atoms with Crippen molar-refractivity contribution in [3.63, 3.8) is 0 Å². The van der Waals surface area contributed by atoms with Gasteiger partial charge in [0, 0.05) is 6.92 Å². The van der Waals surface area contributed by atoms with E-state index in [0.29, 0.717) is 0 Å². The van der Waals surface area contributed by atoms with Gasteiger partial charge >= 0.3 is 0 Å². The third-order valence-corrected chi connectivity index (χ3v) is 1.65. The molecule has 0 aliphatic carbocycles. The van der Waals surface area contributed by atoms with Crippen LogP contribution in [0.5, 0.6) is 0 Å². The third kappa shape index (κ3) is 4.69. The lowest BCUT2D eigenvalue weighted by molar-refractivity contribution is -0.880. The van der Waals surface area contributed by atoms with Crippen LogP contribution in [-0.4, -0.2) is 31.1 Å². The first-order valence-corrected chi connectivity index (χ1v) is 2.83. The minimum absolute atomic E-state index is 0. The fraction of sp³-hybridized carbons (Fsp3) is 1.00. The molecule has 0 bridgehead atoms. The van der Waals surface area contributed by atoms with E-state index in [1.54, 1.807) is 0 Å². The highest BCUT2D eigenvalue weighted by molar-refractivity contribution is 6.19. The molecule has 1 unspecified atom stereocenters. The Bertz CT molecular complexity index is 55.9. The molecular formula is C5H13Cl2N. The lowest BCUT2D eigenvalue weighted by Gasteiger charge is -2.26. The second-order valence-corrected chi connectivity index (χ2v) is 3.32. The third-order valence-electron chi connectivity index (χ3n) is 1.07. The molecule has 8 heavy (non-hydrogen) atoms. The summed E-state index contributed by atoms with van der Waals surface area (Å²) in [5, 5.41) is 0. The molecule has 0 fully saturated rings. The van der Waals surface area contributed by atoms with E-state index in [2.05, 4.69) is 21.1 Å². The fourth-order valence-corrected chi connectivity index (χ4v) is 0. The van der Waals surface area contributed by atoms with E-state index >= 15 is 0 Å². The largest absolute Gasteiger partial charge is 1.00 e. The average Bonchev–Trinajstić information content (AvgIpc) is 1.31. The van der Waals surface area contributed by atoms with Gasteiger partial charge in [0.05, 0.1) is 21.1 Å². The van der Waals surface area contributed by atoms with Gasteiger partial charge in [-0.1, -0.05) is 11.6 Å². The predicted molar refractivity (Wildman–Crippen MR) is 33.3 cm³/mol. The second-order valence-electron chi connectivity index (χ2n) is 2.69. The van der Waals surface area contributed by atoms with Gasteiger partial charge in [0.2, 0.25) is 0 Å². The summed E-state index contributed by atoms with van der Waals surface area (Å²) < 4.78 is 0.821. The maximum atomic E-state index is 5.73. The van der Waals surface area contributed by atoms with Crippen molar-refractivity contribution in [2.45, 2.75) is 12.4 Å². The molecular weight excluding hydrogens is 145 g/mol. The number of nitrogens with zero attached hydrogens (tertiary/aromatic N) is 1. The first kappa shape index (κ1) is 11.4. The molecule has 0 radical (unpaired) electrons. The van der Waals surface area contributed by atoms with Gasteiger partial charge in [0.1, 0.15) is 0 Å². The summed E-state index contributed by atoms with van der Waals surface area (Å²) in [4.78, 5) is 0. The summed E-state index contributed by atoms with van der Waals surface area (Å²) in [6.45, 7) is 1.99. The molecule has 0 aliphatic heterocycles. The number of alkyl halides is 1. The summed E-state index contributed by atoms with van der Waals surface area (Å²) in [5.41, 5.74) is 0.208. The van der Waals surface area contributed by atoms with Crippen LogP contribution in [-0.2, 0) is 0 Å². The Balaban J connectivity index is 0. The van der Waals surface area contributed by atoms with Crippen molar-refractivity contribution in [2.24, 2.45) is 0 Å². The molecule has 0 aromatic heterocycles. The maximum absolute atomic E-state index is 5.73. The zero-order chi connectivity index (χ0) is 6.08. The number of halogens is 2. The Labute approximate surface area is 62.6 Å². The minimum atomic E-state index is 0. The number of hydrogen-bond donors (Lipinski definition) is 0. The van der Waals surface area contributed by atoms with E-state index in [9.17, 15) is 0 Å². The SMILES string of the molecule is CC(Cl)[N+](C)(C)C.[Cl-]. The van der Waals surface area contributed by atoms with Crippen LogP contribution in [0.1, 0.15) is 6.92 Å². The predicted octanol–water partition coefficient (Wildman–Crippen LogP) is -1.72. The summed E-state index contributed by atoms with van der Waals surface area (Å²) in [6.07, 6.45) is 0. The van der Waals surface area contributed by atoms with Gasteiger partial charge in [-0.15, -0.1) is 0 Å². The molecule has 0 saturated heterocycles. The Morgan fingerprint density at radius 3 is 1.38 bits per heavy atom. The molecule has 1 atom stereocenters. The van der Waals surface area contributed by atoms with Crippen molar-refractivity contribution in [2.75, 3.05) is 21.1 Å². The Kier molecular flexibility index (Phi) is 5.03. The van der Waals surface area contributed by atoms with Crippen molar-refractivity contribution in [1.82, 2.24) is 0 Å². The van der Waals surface area contributed by atoms with E-state index in [-0.39, 0.29) is 17.9 Å². The van der Waals surface area contributed by atoms with Crippen LogP contribution in [0.4, 0.5) is 0 Å². The minimum Gasteiger partial charge on any atom is -1.00 e. The highest BCUT2D eigenvalue weighted by Gasteiger charge is 2.12. The van der Waals surface area contributed by atoms with Gasteiger partial charge in [-0.3, -0.25) is 0 Å². The Morgan fingerprint density at radius 2 is 1.38 bits per heavy atom. The summed E-state index contributed by atoms with van der Waals surface area (Å²) >= 11 is 5.73. The van der Waals surface area contributed by atoms with E-state index in [1.165, 1.54) is 0 Å². The molecule has 0 rings (SSSR count). The second kappa shape index (κ2) is 3.54. The fourth-order valence-electron chi connectivity index (χ4n) is 0. The molecule has 0 aromatic rings. The van der Waals surface area contributed by atoms with E-state index in [1.807, 2.05) is 6.92 Å². The zero-order valence-corrected chi connectivity index (χ0v) is 7.29. The average molecular weight is 158 g/mol. The monoisotopic (exact) mass is 157 g/mol. The summed E-state index contributed by atoms with van der Waals surface area (Å²) in [5.74, 6) is 0. The number of quaternary nitrogens is 1. The van der Waals surface area contributed by atoms with Gasteiger partial charge in [0.15, 0.2) is 5.50 Å². The quantitative estimate of drug-likeness (QED) is 0.242. The molecule has 0 N–H and O–H groups in total. The molecule has 52 valence electrons. The number of rotatable bonds is 1. The molecule has 0 heterocycles. The van der Waals surface area contributed by atoms with Crippen LogP contribution in [0.15, 0.2) is 0 Å². The summed E-state index contributed by atoms with van der Waals surface area (Å²) in [6, 6.07) is 0. The first-order chi connectivity index (χ1) is 2.94. The van der Waals surface area contributed by atoms with Crippen molar-refractivity contribution >= 4 is 11.6 Å². The van der Waals surface area contributed by atoms with Crippen LogP contribution in [0.3, 0.4) is 0 Å². The van der Waals surface area contributed by atoms with Crippen LogP contribution < -0.4 is 12.4 Å². The molecule has 0 saturated carbocycles. The van der Waals surface area contributed by atoms with Crippen molar-refractivity contribution in [3.05, 3.63) is 0 Å². The van der Waals surface area contributed by atoms with E-state index in [4.69, 9.17) is 11.6 Å². The lowest BCUT2D eigenvalue weighted by Crippen LogP contribution is -3.00. The van der Waals surface area contributed by atoms with Gasteiger partial charge in [-0.05, 0) is 0 Å². The highest BCUT2D eigenvalue weighted by Crippen LogP contribution is 2.04. The smallest absolute Gasteiger partial charge is 0.161 e. The first-order valence-electron chi connectivity index (χ1n) is 2.40. The van der Waals surface area contributed by atoms with Gasteiger partial charge < -0.3 is 16.9 Å². The van der Waals surface area contributed by atoms with Crippen LogP contribution in [0.2, 0.25) is 0 Å². The Morgan fingerprint density at radius 1 is 1.25 bits per heavy atom. The standard InChI is InChI=1S/C5H13ClN.ClH/c1-5(6)7(2,3)4;/h5H,1-4H3;1H/q+1;/p-1. The maximum Gasteiger partial charge on any atom is 0.161 e. The van der Waals surface area contributed by atoms with Gasteiger partial charge in [-0.25, -0.2) is 0 Å². The lowest BCUT2D eigenvalue weighted by atomic mass is 10.6. The zero-order valence-electron chi connectivity index (χ0n) is 5.78. The molecule has 1 nitrogen and oxygen atoms in total. The summed E-state index contributed by atoms with van der Waals surface area (Å²) in [7, 11) is 6.20. The van der Waals surface area contributed by atoms with Crippen LogP contribution >= 0.6 is 11.6 Å². The van der Waals surface area contributed by atoms with Crippen molar-refractivity contribution in [3.8, 4) is 0 Å².